The molecule has 1 unspecified atom stereocenters. The maximum absolute atomic E-state index is 13.1. The summed E-state index contributed by atoms with van der Waals surface area (Å²) in [5, 5.41) is 12.1. The van der Waals surface area contributed by atoms with Gasteiger partial charge in [-0.1, -0.05) is 30.8 Å². The number of anilines is 1. The summed E-state index contributed by atoms with van der Waals surface area (Å²) in [6.45, 7) is 6.86. The Balaban J connectivity index is 1.45. The third-order valence-corrected chi connectivity index (χ3v) is 6.77. The minimum Gasteiger partial charge on any atom is -0.467 e. The lowest BCUT2D eigenvalue weighted by atomic mass is 10.00. The number of hydrogen-bond donors (Lipinski definition) is 1. The van der Waals surface area contributed by atoms with Crippen LogP contribution in [0.5, 0.6) is 0 Å². The number of rotatable bonds is 8. The highest BCUT2D eigenvalue weighted by Gasteiger charge is 2.25. The van der Waals surface area contributed by atoms with Crippen molar-refractivity contribution in [3.8, 4) is 0 Å². The lowest BCUT2D eigenvalue weighted by Crippen LogP contribution is -2.35. The Kier molecular flexibility index (Phi) is 7.14. The Bertz CT molecular complexity index is 1010. The molecule has 1 N–H and O–H groups in total. The van der Waals surface area contributed by atoms with Crippen LogP contribution < -0.4 is 10.2 Å². The van der Waals surface area contributed by atoms with Crippen molar-refractivity contribution in [2.45, 2.75) is 50.2 Å². The van der Waals surface area contributed by atoms with Crippen LogP contribution in [0.2, 0.25) is 0 Å². The van der Waals surface area contributed by atoms with Gasteiger partial charge in [0.1, 0.15) is 11.6 Å². The SMILES string of the molecule is CC1CCN(c2nnc(SC(C)C(=O)NCc3ccc(F)cc3)n2Cc2ccco2)CC1. The van der Waals surface area contributed by atoms with E-state index in [-0.39, 0.29) is 17.0 Å². The second kappa shape index (κ2) is 10.2. The fraction of sp³-hybridized carbons (Fsp3) is 0.435. The lowest BCUT2D eigenvalue weighted by molar-refractivity contribution is -0.120. The van der Waals surface area contributed by atoms with Gasteiger partial charge in [0.25, 0.3) is 0 Å². The quantitative estimate of drug-likeness (QED) is 0.514. The molecular formula is C23H28FN5O2S. The summed E-state index contributed by atoms with van der Waals surface area (Å²) in [5.41, 5.74) is 0.847. The average molecular weight is 458 g/mol. The molecule has 1 amide bonds. The molecule has 0 saturated carbocycles. The largest absolute Gasteiger partial charge is 0.467 e. The van der Waals surface area contributed by atoms with Crippen LogP contribution in [0.15, 0.2) is 52.2 Å². The Hall–Kier alpha value is -2.81. The van der Waals surface area contributed by atoms with Crippen molar-refractivity contribution in [3.63, 3.8) is 0 Å². The van der Waals surface area contributed by atoms with E-state index in [2.05, 4.69) is 27.3 Å². The van der Waals surface area contributed by atoms with Crippen LogP contribution in [-0.4, -0.2) is 39.0 Å². The molecular weight excluding hydrogens is 429 g/mol. The van der Waals surface area contributed by atoms with Crippen molar-refractivity contribution in [2.75, 3.05) is 18.0 Å². The molecule has 4 rings (SSSR count). The fourth-order valence-electron chi connectivity index (χ4n) is 3.65. The first-order valence-corrected chi connectivity index (χ1v) is 11.8. The molecule has 32 heavy (non-hydrogen) atoms. The first-order chi connectivity index (χ1) is 15.5. The molecule has 1 saturated heterocycles. The number of halogens is 1. The van der Waals surface area contributed by atoms with Gasteiger partial charge in [-0.15, -0.1) is 10.2 Å². The van der Waals surface area contributed by atoms with Crippen molar-refractivity contribution < 1.29 is 13.6 Å². The Morgan fingerprint density at radius 2 is 2.00 bits per heavy atom. The highest BCUT2D eigenvalue weighted by Crippen LogP contribution is 2.29. The Labute approximate surface area is 191 Å². The van der Waals surface area contributed by atoms with E-state index in [1.54, 1.807) is 18.4 Å². The molecule has 1 aliphatic rings. The number of thioether (sulfide) groups is 1. The molecule has 7 nitrogen and oxygen atoms in total. The standard InChI is InChI=1S/C23H28FN5O2S/c1-16-9-11-28(12-10-16)22-26-27-23(29(22)15-20-4-3-13-31-20)32-17(2)21(30)25-14-18-5-7-19(24)8-6-18/h3-8,13,16-17H,9-12,14-15H2,1-2H3,(H,25,30). The zero-order chi connectivity index (χ0) is 22.5. The molecule has 0 aliphatic carbocycles. The van der Waals surface area contributed by atoms with Gasteiger partial charge in [-0.05, 0) is 55.5 Å². The average Bonchev–Trinajstić information content (AvgIpc) is 3.44. The van der Waals surface area contributed by atoms with Gasteiger partial charge in [0.05, 0.1) is 18.1 Å². The van der Waals surface area contributed by atoms with E-state index in [4.69, 9.17) is 4.42 Å². The van der Waals surface area contributed by atoms with E-state index in [0.29, 0.717) is 24.2 Å². The number of aromatic nitrogens is 3. The van der Waals surface area contributed by atoms with Crippen LogP contribution in [0.25, 0.3) is 0 Å². The summed E-state index contributed by atoms with van der Waals surface area (Å²) >= 11 is 1.37. The molecule has 170 valence electrons. The maximum atomic E-state index is 13.1. The van der Waals surface area contributed by atoms with Gasteiger partial charge in [-0.25, -0.2) is 4.39 Å². The highest BCUT2D eigenvalue weighted by molar-refractivity contribution is 8.00. The molecule has 0 radical (unpaired) electrons. The number of piperidine rings is 1. The van der Waals surface area contributed by atoms with Crippen LogP contribution in [-0.2, 0) is 17.9 Å². The summed E-state index contributed by atoms with van der Waals surface area (Å²) in [6, 6.07) is 9.90. The van der Waals surface area contributed by atoms with Gasteiger partial charge in [0, 0.05) is 19.6 Å². The summed E-state index contributed by atoms with van der Waals surface area (Å²) in [7, 11) is 0. The fourth-order valence-corrected chi connectivity index (χ4v) is 4.52. The number of nitrogens with one attached hydrogen (secondary N) is 1. The van der Waals surface area contributed by atoms with Crippen LogP contribution in [0.3, 0.4) is 0 Å². The molecule has 3 aromatic rings. The molecule has 3 heterocycles. The molecule has 9 heteroatoms. The highest BCUT2D eigenvalue weighted by atomic mass is 32.2. The Morgan fingerprint density at radius 1 is 1.25 bits per heavy atom. The van der Waals surface area contributed by atoms with Gasteiger partial charge in [0.15, 0.2) is 5.16 Å². The van der Waals surface area contributed by atoms with E-state index in [1.807, 2.05) is 23.6 Å². The van der Waals surface area contributed by atoms with Crippen LogP contribution in [0, 0.1) is 11.7 Å². The van der Waals surface area contributed by atoms with Gasteiger partial charge < -0.3 is 14.6 Å². The van der Waals surface area contributed by atoms with Gasteiger partial charge in [-0.3, -0.25) is 9.36 Å². The van der Waals surface area contributed by atoms with E-state index >= 15 is 0 Å². The predicted octanol–water partition coefficient (Wildman–Crippen LogP) is 4.09. The minimum atomic E-state index is -0.371. The van der Waals surface area contributed by atoms with Gasteiger partial charge >= 0.3 is 0 Å². The van der Waals surface area contributed by atoms with E-state index in [0.717, 1.165) is 43.2 Å². The number of furan rings is 1. The first-order valence-electron chi connectivity index (χ1n) is 10.9. The second-order valence-corrected chi connectivity index (χ2v) is 9.53. The van der Waals surface area contributed by atoms with E-state index in [9.17, 15) is 9.18 Å². The van der Waals surface area contributed by atoms with Crippen LogP contribution in [0.4, 0.5) is 10.3 Å². The summed E-state index contributed by atoms with van der Waals surface area (Å²) < 4.78 is 20.7. The van der Waals surface area contributed by atoms with E-state index < -0.39 is 0 Å². The normalized spacial score (nSPS) is 15.7. The van der Waals surface area contributed by atoms with Crippen molar-refractivity contribution in [1.82, 2.24) is 20.1 Å². The van der Waals surface area contributed by atoms with Crippen LogP contribution in [0.1, 0.15) is 38.0 Å². The monoisotopic (exact) mass is 457 g/mol. The number of nitrogens with zero attached hydrogens (tertiary/aromatic N) is 4. The molecule has 2 aromatic heterocycles. The lowest BCUT2D eigenvalue weighted by Gasteiger charge is -2.31. The predicted molar refractivity (Wildman–Crippen MR) is 122 cm³/mol. The molecule has 0 spiro atoms. The zero-order valence-corrected chi connectivity index (χ0v) is 19.1. The minimum absolute atomic E-state index is 0.111. The van der Waals surface area contributed by atoms with Crippen molar-refractivity contribution >= 4 is 23.6 Å². The van der Waals surface area contributed by atoms with Gasteiger partial charge in [0.2, 0.25) is 11.9 Å². The summed E-state index contributed by atoms with van der Waals surface area (Å²) in [5.74, 6) is 1.94. The zero-order valence-electron chi connectivity index (χ0n) is 18.3. The number of hydrogen-bond acceptors (Lipinski definition) is 6. The maximum Gasteiger partial charge on any atom is 0.233 e. The Morgan fingerprint density at radius 3 is 2.69 bits per heavy atom. The smallest absolute Gasteiger partial charge is 0.233 e. The number of carbonyl (C=O) groups is 1. The van der Waals surface area contributed by atoms with Crippen molar-refractivity contribution in [3.05, 3.63) is 59.8 Å². The number of carbonyl (C=O) groups excluding carboxylic acids is 1. The molecule has 1 atom stereocenters. The molecule has 1 fully saturated rings. The second-order valence-electron chi connectivity index (χ2n) is 8.22. The number of benzene rings is 1. The van der Waals surface area contributed by atoms with E-state index in [1.165, 1.54) is 23.9 Å². The third kappa shape index (κ3) is 5.51. The molecule has 0 bridgehead atoms. The summed E-state index contributed by atoms with van der Waals surface area (Å²) in [4.78, 5) is 14.9. The first kappa shape index (κ1) is 22.4. The van der Waals surface area contributed by atoms with Crippen LogP contribution >= 0.6 is 11.8 Å². The topological polar surface area (TPSA) is 76.2 Å². The third-order valence-electron chi connectivity index (χ3n) is 5.69. The van der Waals surface area contributed by atoms with Crippen molar-refractivity contribution in [2.24, 2.45) is 5.92 Å². The van der Waals surface area contributed by atoms with Gasteiger partial charge in [-0.2, -0.15) is 0 Å². The molecule has 1 aliphatic heterocycles. The van der Waals surface area contributed by atoms with Crippen molar-refractivity contribution in [1.29, 1.82) is 0 Å². The number of amides is 1. The summed E-state index contributed by atoms with van der Waals surface area (Å²) in [6.07, 6.45) is 3.90. The molecule has 1 aromatic carbocycles.